The summed E-state index contributed by atoms with van der Waals surface area (Å²) in [5.41, 5.74) is 0. The zero-order valence-corrected chi connectivity index (χ0v) is 19.7. The average Bonchev–Trinajstić information content (AvgIpc) is 3.30. The molecule has 0 amide bonds. The molecule has 0 saturated carbocycles. The lowest BCUT2D eigenvalue weighted by atomic mass is 10.2. The Balaban J connectivity index is 0.00000240. The SMILES string of the molecule is [I-].c1ccc([P+](CCCCC2OCCO2)(c2ccccc2)c2ccccc2)cc1. The highest BCUT2D eigenvalue weighted by molar-refractivity contribution is 7.95. The van der Waals surface area contributed by atoms with Crippen LogP contribution in [0.15, 0.2) is 91.0 Å². The molecule has 4 heteroatoms. The number of benzene rings is 3. The maximum Gasteiger partial charge on any atom is 0.157 e. The van der Waals surface area contributed by atoms with E-state index in [0.29, 0.717) is 0 Å². The van der Waals surface area contributed by atoms with Gasteiger partial charge in [0.1, 0.15) is 23.2 Å². The Labute approximate surface area is 192 Å². The number of halogens is 1. The highest BCUT2D eigenvalue weighted by Crippen LogP contribution is 2.56. The van der Waals surface area contributed by atoms with Crippen molar-refractivity contribution in [2.45, 2.75) is 25.6 Å². The van der Waals surface area contributed by atoms with Crippen molar-refractivity contribution in [1.29, 1.82) is 0 Å². The van der Waals surface area contributed by atoms with E-state index in [-0.39, 0.29) is 30.3 Å². The predicted molar refractivity (Wildman–Crippen MR) is 120 cm³/mol. The largest absolute Gasteiger partial charge is 1.00 e. The quantitative estimate of drug-likeness (QED) is 0.256. The number of unbranched alkanes of at least 4 members (excludes halogenated alkanes) is 1. The van der Waals surface area contributed by atoms with E-state index in [1.807, 2.05) is 0 Å². The minimum Gasteiger partial charge on any atom is -1.00 e. The topological polar surface area (TPSA) is 18.5 Å². The summed E-state index contributed by atoms with van der Waals surface area (Å²) in [5.74, 6) is 0. The highest BCUT2D eigenvalue weighted by Gasteiger charge is 2.44. The molecular formula is C25H28IO2P. The Bertz CT molecular complexity index is 740. The smallest absolute Gasteiger partial charge is 0.157 e. The molecule has 1 aliphatic rings. The van der Waals surface area contributed by atoms with Gasteiger partial charge in [0, 0.05) is 0 Å². The molecule has 1 saturated heterocycles. The zero-order valence-electron chi connectivity index (χ0n) is 16.6. The third-order valence-corrected chi connectivity index (χ3v) is 9.99. The molecule has 0 N–H and O–H groups in total. The summed E-state index contributed by atoms with van der Waals surface area (Å²) in [6.45, 7) is 1.47. The van der Waals surface area contributed by atoms with Crippen LogP contribution in [-0.2, 0) is 9.47 Å². The Morgan fingerprint density at radius 3 is 1.45 bits per heavy atom. The predicted octanol–water partition coefficient (Wildman–Crippen LogP) is 1.53. The number of rotatable bonds is 8. The molecule has 0 aromatic heterocycles. The Kier molecular flexibility index (Phi) is 8.68. The number of ether oxygens (including phenoxy) is 2. The molecule has 3 aromatic carbocycles. The van der Waals surface area contributed by atoms with E-state index in [2.05, 4.69) is 91.0 Å². The summed E-state index contributed by atoms with van der Waals surface area (Å²) in [7, 11) is -1.70. The van der Waals surface area contributed by atoms with Crippen molar-refractivity contribution in [3.63, 3.8) is 0 Å². The molecule has 0 bridgehead atoms. The summed E-state index contributed by atoms with van der Waals surface area (Å²) in [5, 5.41) is 4.38. The van der Waals surface area contributed by atoms with Gasteiger partial charge in [-0.3, -0.25) is 0 Å². The first-order valence-corrected chi connectivity index (χ1v) is 12.2. The molecule has 0 unspecified atom stereocenters. The first-order chi connectivity index (χ1) is 13.9. The van der Waals surface area contributed by atoms with E-state index in [1.165, 1.54) is 15.9 Å². The minimum atomic E-state index is -1.70. The highest BCUT2D eigenvalue weighted by atomic mass is 127. The second-order valence-electron chi connectivity index (χ2n) is 7.21. The van der Waals surface area contributed by atoms with Crippen molar-refractivity contribution < 1.29 is 33.5 Å². The van der Waals surface area contributed by atoms with E-state index < -0.39 is 7.26 Å². The van der Waals surface area contributed by atoms with Crippen LogP contribution in [0.5, 0.6) is 0 Å². The van der Waals surface area contributed by atoms with Gasteiger partial charge in [-0.1, -0.05) is 54.6 Å². The summed E-state index contributed by atoms with van der Waals surface area (Å²) < 4.78 is 11.3. The van der Waals surface area contributed by atoms with Crippen molar-refractivity contribution in [3.05, 3.63) is 91.0 Å². The second kappa shape index (κ2) is 11.2. The fourth-order valence-electron chi connectivity index (χ4n) is 4.12. The van der Waals surface area contributed by atoms with Gasteiger partial charge in [0.25, 0.3) is 0 Å². The van der Waals surface area contributed by atoms with Crippen LogP contribution < -0.4 is 39.9 Å². The molecule has 0 radical (unpaired) electrons. The number of hydrogen-bond acceptors (Lipinski definition) is 2. The van der Waals surface area contributed by atoms with Gasteiger partial charge in [-0.05, 0) is 55.7 Å². The molecule has 3 aromatic rings. The van der Waals surface area contributed by atoms with Crippen molar-refractivity contribution in [3.8, 4) is 0 Å². The standard InChI is InChI=1S/C25H28O2P.HI/c1-4-12-22(13-5-1)28(23-14-6-2-7-15-23,24-16-8-3-9-17-24)21-11-10-18-25-26-19-20-27-25;/h1-9,12-17,25H,10-11,18-21H2;1H/q+1;/p-1. The molecular weight excluding hydrogens is 490 g/mol. The van der Waals surface area contributed by atoms with E-state index in [9.17, 15) is 0 Å². The Hall–Kier alpha value is -1.26. The van der Waals surface area contributed by atoms with Crippen LogP contribution in [0, 0.1) is 0 Å². The maximum atomic E-state index is 5.63. The second-order valence-corrected chi connectivity index (χ2v) is 10.8. The third-order valence-electron chi connectivity index (χ3n) is 5.47. The van der Waals surface area contributed by atoms with Gasteiger partial charge in [0.05, 0.1) is 19.4 Å². The molecule has 0 aliphatic carbocycles. The molecule has 0 spiro atoms. The van der Waals surface area contributed by atoms with Gasteiger partial charge in [0.2, 0.25) is 0 Å². The first-order valence-electron chi connectivity index (χ1n) is 10.2. The van der Waals surface area contributed by atoms with Crippen molar-refractivity contribution in [2.75, 3.05) is 19.4 Å². The summed E-state index contributed by atoms with van der Waals surface area (Å²) in [6, 6.07) is 33.3. The average molecular weight is 518 g/mol. The molecule has 1 fully saturated rings. The lowest BCUT2D eigenvalue weighted by Gasteiger charge is -2.27. The van der Waals surface area contributed by atoms with Gasteiger partial charge in [-0.25, -0.2) is 0 Å². The van der Waals surface area contributed by atoms with Crippen LogP contribution in [0.3, 0.4) is 0 Å². The lowest BCUT2D eigenvalue weighted by Crippen LogP contribution is -3.00. The van der Waals surface area contributed by atoms with E-state index >= 15 is 0 Å². The molecule has 0 atom stereocenters. The molecule has 152 valence electrons. The van der Waals surface area contributed by atoms with Crippen molar-refractivity contribution >= 4 is 23.2 Å². The van der Waals surface area contributed by atoms with Crippen LogP contribution in [0.4, 0.5) is 0 Å². The number of hydrogen-bond donors (Lipinski definition) is 0. The van der Waals surface area contributed by atoms with Crippen LogP contribution in [0.1, 0.15) is 19.3 Å². The van der Waals surface area contributed by atoms with Crippen LogP contribution >= 0.6 is 7.26 Å². The van der Waals surface area contributed by atoms with Gasteiger partial charge in [-0.2, -0.15) is 0 Å². The van der Waals surface area contributed by atoms with Crippen LogP contribution in [0.25, 0.3) is 0 Å². The Morgan fingerprint density at radius 2 is 1.03 bits per heavy atom. The fraction of sp³-hybridized carbons (Fsp3) is 0.280. The van der Waals surface area contributed by atoms with Crippen molar-refractivity contribution in [2.24, 2.45) is 0 Å². The molecule has 4 rings (SSSR count). The molecule has 1 heterocycles. The van der Waals surface area contributed by atoms with Crippen LogP contribution in [-0.4, -0.2) is 25.7 Å². The Morgan fingerprint density at radius 1 is 0.621 bits per heavy atom. The maximum absolute atomic E-state index is 5.63. The summed E-state index contributed by atoms with van der Waals surface area (Å²) in [4.78, 5) is 0. The van der Waals surface area contributed by atoms with E-state index in [1.54, 1.807) is 0 Å². The fourth-order valence-corrected chi connectivity index (χ4v) is 8.53. The summed E-state index contributed by atoms with van der Waals surface area (Å²) in [6.07, 6.45) is 4.43. The van der Waals surface area contributed by atoms with Gasteiger partial charge in [0.15, 0.2) is 6.29 Å². The monoisotopic (exact) mass is 518 g/mol. The lowest BCUT2D eigenvalue weighted by molar-refractivity contribution is -0.0477. The zero-order chi connectivity index (χ0) is 19.1. The summed E-state index contributed by atoms with van der Waals surface area (Å²) >= 11 is 0. The van der Waals surface area contributed by atoms with Gasteiger partial charge >= 0.3 is 0 Å². The third kappa shape index (κ3) is 5.27. The molecule has 1 aliphatic heterocycles. The van der Waals surface area contributed by atoms with Crippen LogP contribution in [0.2, 0.25) is 0 Å². The minimum absolute atomic E-state index is 0. The first kappa shape index (κ1) is 22.4. The van der Waals surface area contributed by atoms with Gasteiger partial charge < -0.3 is 33.5 Å². The van der Waals surface area contributed by atoms with E-state index in [4.69, 9.17) is 9.47 Å². The van der Waals surface area contributed by atoms with Gasteiger partial charge in [-0.15, -0.1) is 0 Å². The molecule has 29 heavy (non-hydrogen) atoms. The normalized spacial score (nSPS) is 14.5. The molecule has 2 nitrogen and oxygen atoms in total. The van der Waals surface area contributed by atoms with Crippen molar-refractivity contribution in [1.82, 2.24) is 0 Å². The van der Waals surface area contributed by atoms with E-state index in [0.717, 1.165) is 38.6 Å².